The monoisotopic (exact) mass is 277 g/mol. The lowest BCUT2D eigenvalue weighted by molar-refractivity contribution is 0.318. The van der Waals surface area contributed by atoms with E-state index in [1.54, 1.807) is 11.8 Å². The van der Waals surface area contributed by atoms with Gasteiger partial charge >= 0.3 is 0 Å². The van der Waals surface area contributed by atoms with Gasteiger partial charge in [-0.15, -0.1) is 5.10 Å². The zero-order valence-electron chi connectivity index (χ0n) is 11.3. The van der Waals surface area contributed by atoms with Crippen molar-refractivity contribution in [2.24, 2.45) is 0 Å². The summed E-state index contributed by atoms with van der Waals surface area (Å²) >= 11 is 1.65. The molecular formula is C14H19N3OS. The van der Waals surface area contributed by atoms with Crippen LogP contribution < -0.4 is 4.74 Å². The lowest BCUT2D eigenvalue weighted by atomic mass is 10.2. The van der Waals surface area contributed by atoms with E-state index in [4.69, 9.17) is 4.74 Å². The van der Waals surface area contributed by atoms with Crippen molar-refractivity contribution in [2.75, 3.05) is 12.4 Å². The largest absolute Gasteiger partial charge is 0.494 e. The zero-order chi connectivity index (χ0) is 13.5. The molecule has 0 saturated heterocycles. The molecule has 0 bridgehead atoms. The van der Waals surface area contributed by atoms with Crippen LogP contribution in [-0.2, 0) is 6.42 Å². The van der Waals surface area contributed by atoms with Gasteiger partial charge in [-0.1, -0.05) is 30.8 Å². The van der Waals surface area contributed by atoms with Crippen molar-refractivity contribution in [3.8, 4) is 5.75 Å². The van der Waals surface area contributed by atoms with Crippen LogP contribution in [0.2, 0.25) is 0 Å². The number of aromatic amines is 1. The van der Waals surface area contributed by atoms with Gasteiger partial charge in [0.05, 0.1) is 6.61 Å². The Labute approximate surface area is 118 Å². The first-order valence-corrected chi connectivity index (χ1v) is 7.50. The molecule has 2 rings (SSSR count). The highest BCUT2D eigenvalue weighted by Gasteiger charge is 2.00. The Morgan fingerprint density at radius 3 is 2.68 bits per heavy atom. The van der Waals surface area contributed by atoms with Gasteiger partial charge in [0.15, 0.2) is 0 Å². The Hall–Kier alpha value is -1.49. The average Bonchev–Trinajstić information content (AvgIpc) is 2.85. The molecule has 2 aromatic rings. The summed E-state index contributed by atoms with van der Waals surface area (Å²) in [6, 6.07) is 8.29. The SMILES string of the molecule is CCc1ccc(OCCCSc2n[nH]c(C)n2)cc1. The van der Waals surface area contributed by atoms with Crippen LogP contribution in [0, 0.1) is 6.92 Å². The second-order valence-electron chi connectivity index (χ2n) is 4.25. The summed E-state index contributed by atoms with van der Waals surface area (Å²) in [6.07, 6.45) is 2.04. The number of thioether (sulfide) groups is 1. The molecule has 1 N–H and O–H groups in total. The first-order valence-electron chi connectivity index (χ1n) is 6.51. The number of aromatic nitrogens is 3. The number of rotatable bonds is 7. The number of H-pyrrole nitrogens is 1. The van der Waals surface area contributed by atoms with Gasteiger partial charge in [-0.05, 0) is 37.5 Å². The van der Waals surface area contributed by atoms with Crippen molar-refractivity contribution in [3.05, 3.63) is 35.7 Å². The topological polar surface area (TPSA) is 50.8 Å². The fourth-order valence-corrected chi connectivity index (χ4v) is 2.38. The maximum absolute atomic E-state index is 5.69. The molecule has 102 valence electrons. The van der Waals surface area contributed by atoms with E-state index in [1.165, 1.54) is 5.56 Å². The molecule has 0 aliphatic carbocycles. The molecule has 0 aliphatic heterocycles. The van der Waals surface area contributed by atoms with Crippen LogP contribution >= 0.6 is 11.8 Å². The van der Waals surface area contributed by atoms with Gasteiger partial charge in [-0.25, -0.2) is 4.98 Å². The molecule has 0 amide bonds. The minimum Gasteiger partial charge on any atom is -0.494 e. The van der Waals surface area contributed by atoms with Crippen LogP contribution in [0.15, 0.2) is 29.4 Å². The van der Waals surface area contributed by atoms with E-state index in [0.717, 1.165) is 41.9 Å². The maximum Gasteiger partial charge on any atom is 0.208 e. The van der Waals surface area contributed by atoms with Crippen LogP contribution in [0.4, 0.5) is 0 Å². The van der Waals surface area contributed by atoms with Crippen LogP contribution in [0.1, 0.15) is 24.7 Å². The van der Waals surface area contributed by atoms with Gasteiger partial charge in [-0.2, -0.15) is 0 Å². The summed E-state index contributed by atoms with van der Waals surface area (Å²) < 4.78 is 5.69. The van der Waals surface area contributed by atoms with Crippen LogP contribution in [0.3, 0.4) is 0 Å². The summed E-state index contributed by atoms with van der Waals surface area (Å²) in [4.78, 5) is 4.24. The number of benzene rings is 1. The number of hydrogen-bond acceptors (Lipinski definition) is 4. The smallest absolute Gasteiger partial charge is 0.208 e. The van der Waals surface area contributed by atoms with Gasteiger partial charge in [0.25, 0.3) is 0 Å². The number of ether oxygens (including phenoxy) is 1. The van der Waals surface area contributed by atoms with Gasteiger partial charge < -0.3 is 4.74 Å². The minimum absolute atomic E-state index is 0.724. The highest BCUT2D eigenvalue weighted by atomic mass is 32.2. The van der Waals surface area contributed by atoms with Crippen molar-refractivity contribution in [1.29, 1.82) is 0 Å². The quantitative estimate of drug-likeness (QED) is 0.623. The number of aryl methyl sites for hydroxylation is 2. The zero-order valence-corrected chi connectivity index (χ0v) is 12.2. The molecule has 1 heterocycles. The summed E-state index contributed by atoms with van der Waals surface area (Å²) in [5.41, 5.74) is 1.34. The van der Waals surface area contributed by atoms with Crippen molar-refractivity contribution < 1.29 is 4.74 Å². The molecule has 1 aromatic heterocycles. The van der Waals surface area contributed by atoms with Crippen LogP contribution in [0.25, 0.3) is 0 Å². The second-order valence-corrected chi connectivity index (χ2v) is 5.31. The van der Waals surface area contributed by atoms with Crippen molar-refractivity contribution in [1.82, 2.24) is 15.2 Å². The molecule has 5 heteroatoms. The predicted molar refractivity (Wildman–Crippen MR) is 77.8 cm³/mol. The van der Waals surface area contributed by atoms with E-state index in [1.807, 2.05) is 19.1 Å². The van der Waals surface area contributed by atoms with Crippen molar-refractivity contribution in [2.45, 2.75) is 31.8 Å². The van der Waals surface area contributed by atoms with Gasteiger partial charge in [-0.3, -0.25) is 5.10 Å². The Bertz CT molecular complexity index is 496. The molecule has 0 fully saturated rings. The van der Waals surface area contributed by atoms with E-state index in [2.05, 4.69) is 34.2 Å². The molecule has 0 atom stereocenters. The highest BCUT2D eigenvalue weighted by Crippen LogP contribution is 2.15. The first kappa shape index (κ1) is 13.9. The molecular weight excluding hydrogens is 258 g/mol. The Morgan fingerprint density at radius 2 is 2.05 bits per heavy atom. The fourth-order valence-electron chi connectivity index (χ4n) is 1.62. The van der Waals surface area contributed by atoms with E-state index in [-0.39, 0.29) is 0 Å². The molecule has 4 nitrogen and oxygen atoms in total. The van der Waals surface area contributed by atoms with Gasteiger partial charge in [0.1, 0.15) is 11.6 Å². The number of hydrogen-bond donors (Lipinski definition) is 1. The molecule has 0 aliphatic rings. The maximum atomic E-state index is 5.69. The van der Waals surface area contributed by atoms with Gasteiger partial charge in [0.2, 0.25) is 5.16 Å². The van der Waals surface area contributed by atoms with E-state index >= 15 is 0 Å². The summed E-state index contributed by atoms with van der Waals surface area (Å²) in [7, 11) is 0. The standard InChI is InChI=1S/C14H19N3OS/c1-3-12-5-7-13(8-6-12)18-9-4-10-19-14-15-11(2)16-17-14/h5-8H,3-4,9-10H2,1-2H3,(H,15,16,17). The lowest BCUT2D eigenvalue weighted by Gasteiger charge is -2.06. The Kier molecular flexibility index (Phi) is 5.27. The second kappa shape index (κ2) is 7.19. The summed E-state index contributed by atoms with van der Waals surface area (Å²) in [5.74, 6) is 2.76. The lowest BCUT2D eigenvalue weighted by Crippen LogP contribution is -1.99. The summed E-state index contributed by atoms with van der Waals surface area (Å²) in [6.45, 7) is 4.78. The molecule has 0 radical (unpaired) electrons. The molecule has 1 aromatic carbocycles. The predicted octanol–water partition coefficient (Wildman–Crippen LogP) is 3.24. The van der Waals surface area contributed by atoms with Crippen LogP contribution in [-0.4, -0.2) is 27.5 Å². The molecule has 0 unspecified atom stereocenters. The van der Waals surface area contributed by atoms with Crippen molar-refractivity contribution in [3.63, 3.8) is 0 Å². The molecule has 0 saturated carbocycles. The van der Waals surface area contributed by atoms with Crippen molar-refractivity contribution >= 4 is 11.8 Å². The third-order valence-electron chi connectivity index (χ3n) is 2.70. The van der Waals surface area contributed by atoms with Gasteiger partial charge in [0, 0.05) is 5.75 Å². The number of nitrogens with one attached hydrogen (secondary N) is 1. The number of nitrogens with zero attached hydrogens (tertiary/aromatic N) is 2. The fraction of sp³-hybridized carbons (Fsp3) is 0.429. The molecule has 0 spiro atoms. The Balaban J connectivity index is 1.63. The van der Waals surface area contributed by atoms with E-state index in [0.29, 0.717) is 0 Å². The molecule has 19 heavy (non-hydrogen) atoms. The minimum atomic E-state index is 0.724. The van der Waals surface area contributed by atoms with E-state index < -0.39 is 0 Å². The Morgan fingerprint density at radius 1 is 1.26 bits per heavy atom. The third kappa shape index (κ3) is 4.59. The third-order valence-corrected chi connectivity index (χ3v) is 3.63. The van der Waals surface area contributed by atoms with Crippen LogP contribution in [0.5, 0.6) is 5.75 Å². The average molecular weight is 277 g/mol. The highest BCUT2D eigenvalue weighted by molar-refractivity contribution is 7.99. The summed E-state index contributed by atoms with van der Waals surface area (Å²) in [5, 5.41) is 7.72. The normalized spacial score (nSPS) is 10.6. The first-order chi connectivity index (χ1) is 9.28. The van der Waals surface area contributed by atoms with E-state index in [9.17, 15) is 0 Å².